The van der Waals surface area contributed by atoms with Crippen molar-refractivity contribution < 1.29 is 4.74 Å². The van der Waals surface area contributed by atoms with Crippen LogP contribution in [0.2, 0.25) is 5.02 Å². The summed E-state index contributed by atoms with van der Waals surface area (Å²) in [4.78, 5) is 0. The zero-order chi connectivity index (χ0) is 15.0. The van der Waals surface area contributed by atoms with Crippen LogP contribution in [0.3, 0.4) is 0 Å². The van der Waals surface area contributed by atoms with Gasteiger partial charge in [-0.15, -0.1) is 0 Å². The Morgan fingerprint density at radius 3 is 2.76 bits per heavy atom. The Morgan fingerprint density at radius 1 is 1.24 bits per heavy atom. The van der Waals surface area contributed by atoms with Crippen LogP contribution in [0.5, 0.6) is 5.75 Å². The van der Waals surface area contributed by atoms with Crippen LogP contribution >= 0.6 is 27.5 Å². The Balaban J connectivity index is 2.12. The molecule has 0 radical (unpaired) electrons. The summed E-state index contributed by atoms with van der Waals surface area (Å²) in [5.41, 5.74) is 4.73. The molecule has 0 bridgehead atoms. The third-order valence-electron chi connectivity index (χ3n) is 3.77. The molecule has 2 aromatic carbocycles. The number of hydrogen-bond acceptors (Lipinski definition) is 2. The maximum atomic E-state index is 6.29. The van der Waals surface area contributed by atoms with Crippen molar-refractivity contribution in [3.8, 4) is 5.75 Å². The highest BCUT2D eigenvalue weighted by molar-refractivity contribution is 9.10. The van der Waals surface area contributed by atoms with Crippen molar-refractivity contribution in [2.75, 3.05) is 13.7 Å². The van der Waals surface area contributed by atoms with Crippen molar-refractivity contribution in [1.29, 1.82) is 0 Å². The Hall–Kier alpha value is -1.03. The fourth-order valence-corrected chi connectivity index (χ4v) is 3.82. The molecule has 2 nitrogen and oxygen atoms in total. The Labute approximate surface area is 138 Å². The highest BCUT2D eigenvalue weighted by Gasteiger charge is 2.24. The zero-order valence-corrected chi connectivity index (χ0v) is 14.4. The summed E-state index contributed by atoms with van der Waals surface area (Å²) in [5, 5.41) is 4.15. The fraction of sp³-hybridized carbons (Fsp3) is 0.294. The Bertz CT molecular complexity index is 666. The van der Waals surface area contributed by atoms with Crippen LogP contribution < -0.4 is 10.1 Å². The molecule has 0 amide bonds. The van der Waals surface area contributed by atoms with Gasteiger partial charge >= 0.3 is 0 Å². The summed E-state index contributed by atoms with van der Waals surface area (Å²) in [5.74, 6) is 0.983. The van der Waals surface area contributed by atoms with Gasteiger partial charge < -0.3 is 10.1 Å². The second-order valence-electron chi connectivity index (χ2n) is 5.37. The number of halogens is 2. The molecule has 110 valence electrons. The molecule has 1 aliphatic rings. The van der Waals surface area contributed by atoms with E-state index < -0.39 is 0 Å². The normalized spacial score (nSPS) is 14.7. The number of nitrogens with one attached hydrogen (secondary N) is 1. The maximum Gasteiger partial charge on any atom is 0.127 e. The summed E-state index contributed by atoms with van der Waals surface area (Å²) < 4.78 is 6.92. The van der Waals surface area contributed by atoms with Crippen LogP contribution in [0.15, 0.2) is 34.8 Å². The van der Waals surface area contributed by atoms with E-state index in [1.54, 1.807) is 0 Å². The summed E-state index contributed by atoms with van der Waals surface area (Å²) in [6.45, 7) is 2.83. The third kappa shape index (κ3) is 2.96. The van der Waals surface area contributed by atoms with Crippen LogP contribution in [0, 0.1) is 6.92 Å². The molecule has 0 saturated carbocycles. The van der Waals surface area contributed by atoms with Gasteiger partial charge in [0.2, 0.25) is 0 Å². The van der Waals surface area contributed by atoms with Gasteiger partial charge in [0.15, 0.2) is 0 Å². The van der Waals surface area contributed by atoms with E-state index in [9.17, 15) is 0 Å². The molecule has 1 N–H and O–H groups in total. The van der Waals surface area contributed by atoms with Gasteiger partial charge in [-0.1, -0.05) is 33.6 Å². The molecule has 0 fully saturated rings. The average Bonchev–Trinajstić information content (AvgIpc) is 2.86. The first-order chi connectivity index (χ1) is 10.1. The van der Waals surface area contributed by atoms with Crippen molar-refractivity contribution in [3.63, 3.8) is 0 Å². The monoisotopic (exact) mass is 365 g/mol. The van der Waals surface area contributed by atoms with Gasteiger partial charge in [-0.05, 0) is 54.9 Å². The van der Waals surface area contributed by atoms with Gasteiger partial charge in [0.1, 0.15) is 5.75 Å². The summed E-state index contributed by atoms with van der Waals surface area (Å²) >= 11 is 9.86. The van der Waals surface area contributed by atoms with Crippen LogP contribution in [0.25, 0.3) is 0 Å². The second-order valence-corrected chi connectivity index (χ2v) is 6.72. The Morgan fingerprint density at radius 2 is 2.05 bits per heavy atom. The van der Waals surface area contributed by atoms with Crippen LogP contribution in [-0.4, -0.2) is 13.7 Å². The summed E-state index contributed by atoms with van der Waals surface area (Å²) in [6, 6.07) is 10.5. The van der Waals surface area contributed by atoms with Crippen LogP contribution in [0.4, 0.5) is 0 Å². The molecule has 3 rings (SSSR count). The first-order valence-corrected chi connectivity index (χ1v) is 8.15. The Kier molecular flexibility index (Phi) is 4.25. The lowest BCUT2D eigenvalue weighted by atomic mass is 9.95. The molecule has 0 aromatic heterocycles. The van der Waals surface area contributed by atoms with Gasteiger partial charge in [-0.2, -0.15) is 0 Å². The van der Waals surface area contributed by atoms with Gasteiger partial charge in [0.25, 0.3) is 0 Å². The van der Waals surface area contributed by atoms with Crippen molar-refractivity contribution in [3.05, 3.63) is 62.1 Å². The topological polar surface area (TPSA) is 21.3 Å². The van der Waals surface area contributed by atoms with E-state index in [2.05, 4.69) is 46.4 Å². The molecular formula is C17H17BrClNO. The highest BCUT2D eigenvalue weighted by Crippen LogP contribution is 2.39. The van der Waals surface area contributed by atoms with E-state index in [1.807, 2.05) is 19.2 Å². The lowest BCUT2D eigenvalue weighted by molar-refractivity contribution is 0.351. The van der Waals surface area contributed by atoms with Crippen LogP contribution in [-0.2, 0) is 6.42 Å². The zero-order valence-electron chi connectivity index (χ0n) is 12.0. The minimum absolute atomic E-state index is 0.0618. The molecular weight excluding hydrogens is 350 g/mol. The SMILES string of the molecule is CNC(c1cc(C)cc(Br)c1)c1cc(Cl)cc2c1OCC2. The summed E-state index contributed by atoms with van der Waals surface area (Å²) in [6.07, 6.45) is 0.927. The first-order valence-electron chi connectivity index (χ1n) is 6.98. The van der Waals surface area contributed by atoms with Crippen LogP contribution in [0.1, 0.15) is 28.3 Å². The van der Waals surface area contributed by atoms with E-state index in [0.717, 1.165) is 33.8 Å². The highest BCUT2D eigenvalue weighted by atomic mass is 79.9. The number of benzene rings is 2. The predicted octanol–water partition coefficient (Wildman–Crippen LogP) is 4.65. The van der Waals surface area contributed by atoms with Gasteiger partial charge in [0, 0.05) is 21.5 Å². The summed E-state index contributed by atoms with van der Waals surface area (Å²) in [7, 11) is 1.96. The van der Waals surface area contributed by atoms with Gasteiger partial charge in [0.05, 0.1) is 12.6 Å². The molecule has 4 heteroatoms. The van der Waals surface area contributed by atoms with Crippen molar-refractivity contribution in [2.24, 2.45) is 0 Å². The quantitative estimate of drug-likeness (QED) is 0.853. The molecule has 1 atom stereocenters. The van der Waals surface area contributed by atoms with Gasteiger partial charge in [-0.25, -0.2) is 0 Å². The molecule has 1 unspecified atom stereocenters. The second kappa shape index (κ2) is 5.99. The van der Waals surface area contributed by atoms with Crippen molar-refractivity contribution >= 4 is 27.5 Å². The van der Waals surface area contributed by atoms with Gasteiger partial charge in [-0.3, -0.25) is 0 Å². The van der Waals surface area contributed by atoms with E-state index in [1.165, 1.54) is 16.7 Å². The number of rotatable bonds is 3. The van der Waals surface area contributed by atoms with E-state index in [4.69, 9.17) is 16.3 Å². The lowest BCUT2D eigenvalue weighted by Gasteiger charge is -2.21. The first kappa shape index (κ1) is 14.9. The number of fused-ring (bicyclic) bond motifs is 1. The number of aryl methyl sites for hydroxylation is 1. The third-order valence-corrected chi connectivity index (χ3v) is 4.45. The average molecular weight is 367 g/mol. The lowest BCUT2D eigenvalue weighted by Crippen LogP contribution is -2.18. The molecule has 0 saturated heterocycles. The van der Waals surface area contributed by atoms with Crippen molar-refractivity contribution in [1.82, 2.24) is 5.32 Å². The van der Waals surface area contributed by atoms with E-state index >= 15 is 0 Å². The smallest absolute Gasteiger partial charge is 0.127 e. The van der Waals surface area contributed by atoms with Crippen molar-refractivity contribution in [2.45, 2.75) is 19.4 Å². The minimum Gasteiger partial charge on any atom is -0.493 e. The number of hydrogen-bond donors (Lipinski definition) is 1. The number of ether oxygens (including phenoxy) is 1. The largest absolute Gasteiger partial charge is 0.493 e. The molecule has 2 aromatic rings. The minimum atomic E-state index is 0.0618. The van der Waals surface area contributed by atoms with E-state index in [0.29, 0.717) is 0 Å². The fourth-order valence-electron chi connectivity index (χ4n) is 2.95. The maximum absolute atomic E-state index is 6.29. The molecule has 0 aliphatic carbocycles. The van der Waals surface area contributed by atoms with E-state index in [-0.39, 0.29) is 6.04 Å². The molecule has 1 heterocycles. The molecule has 21 heavy (non-hydrogen) atoms. The predicted molar refractivity (Wildman–Crippen MR) is 90.4 cm³/mol. The molecule has 1 aliphatic heterocycles. The molecule has 0 spiro atoms. The standard InChI is InChI=1S/C17H17BrClNO/c1-10-5-12(7-13(18)6-10)16(20-2)15-9-14(19)8-11-3-4-21-17(11)15/h5-9,16,20H,3-4H2,1-2H3.